The number of carbonyl (C=O) groups is 1. The number of nitriles is 1. The summed E-state index contributed by atoms with van der Waals surface area (Å²) in [5, 5.41) is 9.12. The second-order valence-electron chi connectivity index (χ2n) is 9.00. The number of nitrogens with zero attached hydrogens (tertiary/aromatic N) is 6. The molecular weight excluding hydrogens is 384 g/mol. The van der Waals surface area contributed by atoms with Crippen molar-refractivity contribution in [3.8, 4) is 6.07 Å². The number of anilines is 1. The number of imidazole rings is 1. The minimum Gasteiger partial charge on any atom is -0.444 e. The van der Waals surface area contributed by atoms with Crippen LogP contribution in [-0.2, 0) is 25.3 Å². The molecule has 0 aliphatic carbocycles. The Labute approximate surface area is 176 Å². The molecule has 3 rings (SSSR count). The second kappa shape index (κ2) is 7.67. The predicted molar refractivity (Wildman–Crippen MR) is 114 cm³/mol. The Bertz CT molecular complexity index is 1070. The summed E-state index contributed by atoms with van der Waals surface area (Å²) in [6.07, 6.45) is -0.165. The smallest absolute Gasteiger partial charge is 0.410 e. The van der Waals surface area contributed by atoms with Gasteiger partial charge in [-0.15, -0.1) is 0 Å². The Morgan fingerprint density at radius 1 is 1.23 bits per heavy atom. The number of pyridine rings is 1. The van der Waals surface area contributed by atoms with Gasteiger partial charge in [0.15, 0.2) is 0 Å². The Kier molecular flexibility index (Phi) is 5.54. The Morgan fingerprint density at radius 3 is 2.50 bits per heavy atom. The van der Waals surface area contributed by atoms with Gasteiger partial charge >= 0.3 is 6.09 Å². The van der Waals surface area contributed by atoms with E-state index in [1.807, 2.05) is 41.7 Å². The highest BCUT2D eigenvalue weighted by molar-refractivity contribution is 5.87. The average molecular weight is 415 g/mol. The maximum atomic E-state index is 12.7. The molecule has 0 bridgehead atoms. The highest BCUT2D eigenvalue weighted by Gasteiger charge is 2.36. The molecule has 0 spiro atoms. The van der Waals surface area contributed by atoms with Crippen LogP contribution < -0.4 is 10.5 Å². The van der Waals surface area contributed by atoms with Crippen LogP contribution in [0.1, 0.15) is 40.4 Å². The first-order chi connectivity index (χ1) is 13.9. The van der Waals surface area contributed by atoms with Crippen molar-refractivity contribution in [3.05, 3.63) is 22.2 Å². The highest BCUT2D eigenvalue weighted by Crippen LogP contribution is 2.30. The quantitative estimate of drug-likeness (QED) is 0.747. The summed E-state index contributed by atoms with van der Waals surface area (Å²) in [6.45, 7) is 10.6. The molecule has 1 aliphatic rings. The van der Waals surface area contributed by atoms with Gasteiger partial charge in [0, 0.05) is 45.3 Å². The minimum absolute atomic E-state index is 0.0366. The van der Waals surface area contributed by atoms with Gasteiger partial charge < -0.3 is 19.1 Å². The van der Waals surface area contributed by atoms with E-state index < -0.39 is 5.60 Å². The molecule has 2 aromatic heterocycles. The molecule has 1 amide bonds. The molecule has 0 radical (unpaired) electrons. The third kappa shape index (κ3) is 3.86. The van der Waals surface area contributed by atoms with Crippen LogP contribution in [0.2, 0.25) is 0 Å². The van der Waals surface area contributed by atoms with Crippen molar-refractivity contribution in [1.29, 1.82) is 5.26 Å². The molecule has 0 unspecified atom stereocenters. The van der Waals surface area contributed by atoms with Gasteiger partial charge in [0.25, 0.3) is 5.56 Å². The largest absolute Gasteiger partial charge is 0.444 e. The van der Waals surface area contributed by atoms with Crippen LogP contribution in [0.15, 0.2) is 10.9 Å². The van der Waals surface area contributed by atoms with Gasteiger partial charge in [0.2, 0.25) is 0 Å². The first kappa shape index (κ1) is 21.7. The molecule has 1 fully saturated rings. The van der Waals surface area contributed by atoms with Crippen molar-refractivity contribution in [3.63, 3.8) is 0 Å². The molecule has 1 aliphatic heterocycles. The van der Waals surface area contributed by atoms with Crippen LogP contribution >= 0.6 is 0 Å². The van der Waals surface area contributed by atoms with E-state index in [2.05, 4.69) is 16.0 Å². The third-order valence-electron chi connectivity index (χ3n) is 5.47. The van der Waals surface area contributed by atoms with E-state index >= 15 is 0 Å². The van der Waals surface area contributed by atoms with Crippen LogP contribution in [-0.4, -0.2) is 55.9 Å². The molecule has 2 atom stereocenters. The van der Waals surface area contributed by atoms with Crippen LogP contribution in [0.3, 0.4) is 0 Å². The van der Waals surface area contributed by atoms with E-state index in [0.29, 0.717) is 30.1 Å². The molecule has 30 heavy (non-hydrogen) atoms. The summed E-state index contributed by atoms with van der Waals surface area (Å²) in [4.78, 5) is 33.8. The van der Waals surface area contributed by atoms with Crippen LogP contribution in [0.25, 0.3) is 11.2 Å². The van der Waals surface area contributed by atoms with Crippen molar-refractivity contribution in [2.75, 3.05) is 18.0 Å². The number of hydrogen-bond donors (Lipinski definition) is 0. The summed E-state index contributed by atoms with van der Waals surface area (Å²) in [5.41, 5.74) is 1.40. The number of aryl methyl sites for hydroxylation is 2. The average Bonchev–Trinajstić information content (AvgIpc) is 2.95. The fraction of sp³-hybridized carbons (Fsp3) is 0.619. The predicted octanol–water partition coefficient (Wildman–Crippen LogP) is 2.17. The van der Waals surface area contributed by atoms with Crippen LogP contribution in [0, 0.1) is 11.3 Å². The number of amides is 1. The fourth-order valence-corrected chi connectivity index (χ4v) is 3.96. The first-order valence-electron chi connectivity index (χ1n) is 10.1. The summed E-state index contributed by atoms with van der Waals surface area (Å²) < 4.78 is 8.91. The number of piperazine rings is 1. The van der Waals surface area contributed by atoms with Crippen molar-refractivity contribution < 1.29 is 9.53 Å². The van der Waals surface area contributed by atoms with E-state index in [4.69, 9.17) is 10.00 Å². The lowest BCUT2D eigenvalue weighted by Gasteiger charge is -2.45. The zero-order chi connectivity index (χ0) is 22.4. The maximum Gasteiger partial charge on any atom is 0.410 e. The van der Waals surface area contributed by atoms with Gasteiger partial charge in [-0.3, -0.25) is 9.36 Å². The van der Waals surface area contributed by atoms with E-state index in [-0.39, 0.29) is 30.2 Å². The number of carbonyl (C=O) groups excluding carboxylic acids is 1. The van der Waals surface area contributed by atoms with Gasteiger partial charge in [0.1, 0.15) is 22.6 Å². The van der Waals surface area contributed by atoms with Crippen molar-refractivity contribution in [2.45, 2.75) is 58.7 Å². The van der Waals surface area contributed by atoms with E-state index in [1.165, 1.54) is 0 Å². The maximum absolute atomic E-state index is 12.7. The van der Waals surface area contributed by atoms with E-state index in [0.717, 1.165) is 5.69 Å². The lowest BCUT2D eigenvalue weighted by molar-refractivity contribution is 0.0130. The van der Waals surface area contributed by atoms with Gasteiger partial charge in [-0.05, 0) is 34.6 Å². The molecule has 9 nitrogen and oxygen atoms in total. The molecule has 0 aromatic carbocycles. The highest BCUT2D eigenvalue weighted by atomic mass is 16.6. The summed E-state index contributed by atoms with van der Waals surface area (Å²) in [7, 11) is 3.52. The fourth-order valence-electron chi connectivity index (χ4n) is 3.96. The Hall–Kier alpha value is -3.02. The molecule has 162 valence electrons. The number of fused-ring (bicyclic) bond motifs is 1. The van der Waals surface area contributed by atoms with E-state index in [9.17, 15) is 9.59 Å². The topological polar surface area (TPSA) is 96.4 Å². The lowest BCUT2D eigenvalue weighted by atomic mass is 10.1. The lowest BCUT2D eigenvalue weighted by Crippen LogP contribution is -2.59. The normalized spacial score (nSPS) is 19.8. The number of ether oxygens (including phenoxy) is 1. The monoisotopic (exact) mass is 414 g/mol. The molecule has 9 heteroatoms. The van der Waals surface area contributed by atoms with Crippen LogP contribution in [0.4, 0.5) is 10.5 Å². The summed E-state index contributed by atoms with van der Waals surface area (Å²) in [6, 6.07) is 3.59. The summed E-state index contributed by atoms with van der Waals surface area (Å²) >= 11 is 0. The molecular formula is C21H30N6O3. The number of rotatable bonds is 2. The van der Waals surface area contributed by atoms with E-state index in [1.54, 1.807) is 27.1 Å². The molecule has 1 saturated heterocycles. The standard InChI is InChI=1S/C21H30N6O3/c1-13-12-27(20(29)30-21(3,4)5)14(2)11-26(13)15-10-17(28)25(7)19-18(15)23-16(8-9-22)24(19)6/h10,13-14H,8,11-12H2,1-7H3/t13-,14+/m0/s1. The molecule has 3 heterocycles. The SMILES string of the molecule is C[C@@H]1CN(c2cc(=O)n(C)c3c2nc(CC#N)n3C)[C@@H](C)CN1C(=O)OC(C)(C)C. The number of hydrogen-bond acceptors (Lipinski definition) is 6. The molecule has 0 N–H and O–H groups in total. The van der Waals surface area contributed by atoms with Crippen LogP contribution in [0.5, 0.6) is 0 Å². The zero-order valence-electron chi connectivity index (χ0n) is 18.8. The van der Waals surface area contributed by atoms with Gasteiger partial charge in [-0.1, -0.05) is 0 Å². The first-order valence-corrected chi connectivity index (χ1v) is 10.1. The van der Waals surface area contributed by atoms with Gasteiger partial charge in [0.05, 0.1) is 18.2 Å². The van der Waals surface area contributed by atoms with Crippen molar-refractivity contribution in [1.82, 2.24) is 19.0 Å². The van der Waals surface area contributed by atoms with Gasteiger partial charge in [-0.25, -0.2) is 9.78 Å². The third-order valence-corrected chi connectivity index (χ3v) is 5.47. The Balaban J connectivity index is 2.00. The number of aromatic nitrogens is 3. The second-order valence-corrected chi connectivity index (χ2v) is 9.00. The van der Waals surface area contributed by atoms with Crippen molar-refractivity contribution >= 4 is 22.9 Å². The molecule has 2 aromatic rings. The zero-order valence-corrected chi connectivity index (χ0v) is 18.8. The minimum atomic E-state index is -0.555. The van der Waals surface area contributed by atoms with Gasteiger partial charge in [-0.2, -0.15) is 5.26 Å². The Morgan fingerprint density at radius 2 is 1.90 bits per heavy atom. The van der Waals surface area contributed by atoms with Crippen molar-refractivity contribution in [2.24, 2.45) is 14.1 Å². The molecule has 0 saturated carbocycles. The summed E-state index contributed by atoms with van der Waals surface area (Å²) in [5.74, 6) is 0.614.